The Morgan fingerprint density at radius 2 is 1.58 bits per heavy atom. The standard InChI is InChI=1S/C21H20N4O.2H2/c26-21(17-11-12-18-20(14-17)24-25-23-18)22-19(16-9-5-2-6-10-16)13-15-7-3-1-4-8-15;;/h1-12,14,19,23-25H,13H2,(H,22,26);2*1H. The minimum atomic E-state index is -0.0939. The molecule has 0 saturated carbocycles. The van der Waals surface area contributed by atoms with E-state index in [4.69, 9.17) is 0 Å². The van der Waals surface area contributed by atoms with Crippen molar-refractivity contribution in [3.63, 3.8) is 0 Å². The van der Waals surface area contributed by atoms with E-state index in [1.54, 1.807) is 0 Å². The maximum Gasteiger partial charge on any atom is 0.251 e. The molecule has 0 saturated heterocycles. The van der Waals surface area contributed by atoms with Crippen molar-refractivity contribution >= 4 is 17.3 Å². The second-order valence-corrected chi connectivity index (χ2v) is 6.26. The first-order valence-electron chi connectivity index (χ1n) is 8.60. The number of hydrazine groups is 2. The van der Waals surface area contributed by atoms with Crippen LogP contribution in [0.4, 0.5) is 11.4 Å². The van der Waals surface area contributed by atoms with Crippen LogP contribution >= 0.6 is 0 Å². The summed E-state index contributed by atoms with van der Waals surface area (Å²) >= 11 is 0. The zero-order valence-electron chi connectivity index (χ0n) is 14.2. The van der Waals surface area contributed by atoms with Gasteiger partial charge in [-0.2, -0.15) is 0 Å². The number of anilines is 2. The Labute approximate surface area is 155 Å². The van der Waals surface area contributed by atoms with Gasteiger partial charge < -0.3 is 16.2 Å². The molecule has 0 aromatic heterocycles. The molecule has 1 amide bonds. The number of amides is 1. The third-order valence-corrected chi connectivity index (χ3v) is 4.47. The van der Waals surface area contributed by atoms with Crippen molar-refractivity contribution in [3.05, 3.63) is 95.6 Å². The molecule has 1 heterocycles. The lowest BCUT2D eigenvalue weighted by Gasteiger charge is -2.20. The van der Waals surface area contributed by atoms with E-state index in [0.717, 1.165) is 23.4 Å². The maximum absolute atomic E-state index is 12.8. The fourth-order valence-electron chi connectivity index (χ4n) is 3.09. The smallest absolute Gasteiger partial charge is 0.251 e. The molecule has 26 heavy (non-hydrogen) atoms. The fraction of sp³-hybridized carbons (Fsp3) is 0.0952. The van der Waals surface area contributed by atoms with Gasteiger partial charge >= 0.3 is 0 Å². The quantitative estimate of drug-likeness (QED) is 0.559. The Balaban J connectivity index is 0.00000140. The van der Waals surface area contributed by atoms with Crippen molar-refractivity contribution in [2.45, 2.75) is 12.5 Å². The van der Waals surface area contributed by atoms with Crippen molar-refractivity contribution in [3.8, 4) is 0 Å². The summed E-state index contributed by atoms with van der Waals surface area (Å²) in [5.74, 6) is -0.0914. The molecule has 0 fully saturated rings. The van der Waals surface area contributed by atoms with Gasteiger partial charge in [-0.25, -0.2) is 0 Å². The molecule has 0 bridgehead atoms. The molecule has 1 atom stereocenters. The van der Waals surface area contributed by atoms with Crippen molar-refractivity contribution in [2.24, 2.45) is 0 Å². The Bertz CT molecular complexity index is 907. The predicted octanol–water partition coefficient (Wildman–Crippen LogP) is 4.15. The van der Waals surface area contributed by atoms with Crippen molar-refractivity contribution < 1.29 is 7.65 Å². The van der Waals surface area contributed by atoms with Gasteiger partial charge in [-0.3, -0.25) is 4.79 Å². The largest absolute Gasteiger partial charge is 0.345 e. The summed E-state index contributed by atoms with van der Waals surface area (Å²) in [5, 5.41) is 3.18. The summed E-state index contributed by atoms with van der Waals surface area (Å²) in [6, 6.07) is 25.7. The van der Waals surface area contributed by atoms with Gasteiger partial charge in [0.25, 0.3) is 5.91 Å². The number of benzene rings is 3. The predicted molar refractivity (Wildman–Crippen MR) is 108 cm³/mol. The zero-order valence-corrected chi connectivity index (χ0v) is 14.2. The summed E-state index contributed by atoms with van der Waals surface area (Å²) in [7, 11) is 0. The molecular formula is C21H24N4O. The molecule has 0 radical (unpaired) electrons. The lowest BCUT2D eigenvalue weighted by Crippen LogP contribution is -2.30. The highest BCUT2D eigenvalue weighted by Gasteiger charge is 2.18. The van der Waals surface area contributed by atoms with E-state index in [0.29, 0.717) is 5.56 Å². The number of carbonyl (C=O) groups is 1. The SMILES string of the molecule is O=C(NC(Cc1ccccc1)c1ccccc1)c1ccc2c(c1)NNN2.[HH].[HH]. The topological polar surface area (TPSA) is 65.2 Å². The van der Waals surface area contributed by atoms with Gasteiger partial charge in [0.15, 0.2) is 0 Å². The Kier molecular flexibility index (Phi) is 4.53. The van der Waals surface area contributed by atoms with E-state index in [1.807, 2.05) is 66.7 Å². The molecule has 1 aliphatic rings. The van der Waals surface area contributed by atoms with Crippen LogP contribution in [0.1, 0.15) is 30.4 Å². The molecule has 1 aliphatic heterocycles. The average Bonchev–Trinajstić information content (AvgIpc) is 3.17. The number of hydrogen-bond acceptors (Lipinski definition) is 4. The fourth-order valence-corrected chi connectivity index (χ4v) is 3.09. The lowest BCUT2D eigenvalue weighted by atomic mass is 9.98. The number of rotatable bonds is 5. The molecule has 0 aliphatic carbocycles. The van der Waals surface area contributed by atoms with Crippen LogP contribution in [0, 0.1) is 0 Å². The summed E-state index contributed by atoms with van der Waals surface area (Å²) in [4.78, 5) is 12.8. The van der Waals surface area contributed by atoms with Gasteiger partial charge in [0, 0.05) is 8.42 Å². The van der Waals surface area contributed by atoms with Gasteiger partial charge in [0.2, 0.25) is 0 Å². The minimum absolute atomic E-state index is 0. The first kappa shape index (κ1) is 16.2. The third-order valence-electron chi connectivity index (χ3n) is 4.47. The minimum Gasteiger partial charge on any atom is -0.345 e. The van der Waals surface area contributed by atoms with Crippen LogP contribution in [-0.2, 0) is 6.42 Å². The summed E-state index contributed by atoms with van der Waals surface area (Å²) in [6.45, 7) is 0. The van der Waals surface area contributed by atoms with E-state index >= 15 is 0 Å². The zero-order chi connectivity index (χ0) is 17.8. The molecule has 3 aromatic carbocycles. The Morgan fingerprint density at radius 3 is 2.35 bits per heavy atom. The third kappa shape index (κ3) is 3.53. The Morgan fingerprint density at radius 1 is 0.885 bits per heavy atom. The second kappa shape index (κ2) is 7.29. The van der Waals surface area contributed by atoms with Gasteiger partial charge in [-0.15, -0.1) is 5.53 Å². The molecule has 3 aromatic rings. The Hall–Kier alpha value is -3.31. The van der Waals surface area contributed by atoms with E-state index in [1.165, 1.54) is 5.56 Å². The van der Waals surface area contributed by atoms with E-state index in [9.17, 15) is 4.79 Å². The molecule has 134 valence electrons. The molecule has 5 nitrogen and oxygen atoms in total. The molecule has 0 spiro atoms. The van der Waals surface area contributed by atoms with Gasteiger partial charge in [-0.05, 0) is 35.7 Å². The van der Waals surface area contributed by atoms with Crippen LogP contribution in [0.3, 0.4) is 0 Å². The van der Waals surface area contributed by atoms with Crippen molar-refractivity contribution in [2.75, 3.05) is 10.9 Å². The van der Waals surface area contributed by atoms with E-state index in [2.05, 4.69) is 33.8 Å². The van der Waals surface area contributed by atoms with Crippen molar-refractivity contribution in [1.29, 1.82) is 0 Å². The molecular weight excluding hydrogens is 324 g/mol. The van der Waals surface area contributed by atoms with Crippen molar-refractivity contribution in [1.82, 2.24) is 10.9 Å². The highest BCUT2D eigenvalue weighted by atomic mass is 16.1. The van der Waals surface area contributed by atoms with Crippen LogP contribution in [0.25, 0.3) is 0 Å². The van der Waals surface area contributed by atoms with Crippen LogP contribution in [0.5, 0.6) is 0 Å². The van der Waals surface area contributed by atoms with Gasteiger partial charge in [-0.1, -0.05) is 60.7 Å². The summed E-state index contributed by atoms with van der Waals surface area (Å²) < 4.78 is 0. The van der Waals surface area contributed by atoms with Crippen LogP contribution in [-0.4, -0.2) is 5.91 Å². The van der Waals surface area contributed by atoms with Gasteiger partial charge in [0.05, 0.1) is 17.4 Å². The normalized spacial score (nSPS) is 13.2. The number of carbonyl (C=O) groups excluding carboxylic acids is 1. The molecule has 4 N–H and O–H groups in total. The maximum atomic E-state index is 12.8. The van der Waals surface area contributed by atoms with Gasteiger partial charge in [0.1, 0.15) is 0 Å². The highest BCUT2D eigenvalue weighted by Crippen LogP contribution is 2.26. The first-order valence-corrected chi connectivity index (χ1v) is 8.60. The second-order valence-electron chi connectivity index (χ2n) is 6.26. The van der Waals surface area contributed by atoms with Crippen LogP contribution < -0.4 is 21.7 Å². The van der Waals surface area contributed by atoms with E-state index < -0.39 is 0 Å². The summed E-state index contributed by atoms with van der Waals surface area (Å²) in [6.07, 6.45) is 0.739. The highest BCUT2D eigenvalue weighted by molar-refractivity contribution is 5.96. The summed E-state index contributed by atoms with van der Waals surface area (Å²) in [5.41, 5.74) is 13.5. The molecule has 4 rings (SSSR count). The molecule has 5 heteroatoms. The first-order chi connectivity index (χ1) is 12.8. The van der Waals surface area contributed by atoms with Crippen LogP contribution in [0.2, 0.25) is 0 Å². The monoisotopic (exact) mass is 348 g/mol. The number of fused-ring (bicyclic) bond motifs is 1. The number of hydrogen-bond donors (Lipinski definition) is 4. The lowest BCUT2D eigenvalue weighted by molar-refractivity contribution is 0.0936. The van der Waals surface area contributed by atoms with Crippen LogP contribution in [0.15, 0.2) is 78.9 Å². The average molecular weight is 348 g/mol. The molecule has 1 unspecified atom stereocenters. The van der Waals surface area contributed by atoms with E-state index in [-0.39, 0.29) is 14.8 Å². The number of nitrogens with one attached hydrogen (secondary N) is 4.